The van der Waals surface area contributed by atoms with Crippen LogP contribution in [0.15, 0.2) is 36.4 Å². The van der Waals surface area contributed by atoms with Gasteiger partial charge in [-0.15, -0.1) is 11.3 Å². The molecule has 0 radical (unpaired) electrons. The van der Waals surface area contributed by atoms with E-state index in [1.54, 1.807) is 23.9 Å². The van der Waals surface area contributed by atoms with Crippen LogP contribution in [-0.4, -0.2) is 42.9 Å². The lowest BCUT2D eigenvalue weighted by Gasteiger charge is -2.32. The van der Waals surface area contributed by atoms with E-state index in [9.17, 15) is 0 Å². The van der Waals surface area contributed by atoms with Crippen LogP contribution in [0.1, 0.15) is 24.4 Å². The number of nitrogens with one attached hydrogen (secondary N) is 2. The number of H-pyrrole nitrogens is 1. The topological polar surface area (TPSA) is 82.6 Å². The van der Waals surface area contributed by atoms with Gasteiger partial charge in [-0.2, -0.15) is 0 Å². The van der Waals surface area contributed by atoms with Crippen molar-refractivity contribution in [3.8, 4) is 0 Å². The summed E-state index contributed by atoms with van der Waals surface area (Å²) in [6.07, 6.45) is 10.6. The van der Waals surface area contributed by atoms with Gasteiger partial charge in [-0.05, 0) is 31.7 Å². The molecule has 7 nitrogen and oxygen atoms in total. The minimum atomic E-state index is 0.617. The van der Waals surface area contributed by atoms with Gasteiger partial charge in [0.15, 0.2) is 5.13 Å². The maximum atomic E-state index is 4.46. The van der Waals surface area contributed by atoms with E-state index in [2.05, 4.69) is 35.1 Å². The van der Waals surface area contributed by atoms with E-state index in [1.165, 1.54) is 12.8 Å². The van der Waals surface area contributed by atoms with Crippen molar-refractivity contribution in [2.24, 2.45) is 5.92 Å². The molecule has 8 heteroatoms. The second-order valence-electron chi connectivity index (χ2n) is 6.34. The van der Waals surface area contributed by atoms with E-state index in [0.29, 0.717) is 5.92 Å². The van der Waals surface area contributed by atoms with Crippen LogP contribution in [0.25, 0.3) is 0 Å². The molecule has 4 heterocycles. The molecule has 1 aliphatic rings. The molecule has 25 heavy (non-hydrogen) atoms. The monoisotopic (exact) mass is 355 g/mol. The Morgan fingerprint density at radius 2 is 2.24 bits per heavy atom. The smallest absolute Gasteiger partial charge is 0.188 e. The third-order valence-electron chi connectivity index (χ3n) is 4.42. The molecular weight excluding hydrogens is 334 g/mol. The van der Waals surface area contributed by atoms with Crippen molar-refractivity contribution in [3.63, 3.8) is 0 Å². The van der Waals surface area contributed by atoms with Gasteiger partial charge in [-0.3, -0.25) is 4.90 Å². The molecule has 4 rings (SSSR count). The molecule has 1 fully saturated rings. The first-order valence-corrected chi connectivity index (χ1v) is 9.41. The summed E-state index contributed by atoms with van der Waals surface area (Å²) in [6, 6.07) is 2.03. The van der Waals surface area contributed by atoms with Crippen molar-refractivity contribution < 1.29 is 0 Å². The predicted octanol–water partition coefficient (Wildman–Crippen LogP) is 2.85. The first-order valence-electron chi connectivity index (χ1n) is 8.53. The van der Waals surface area contributed by atoms with E-state index in [4.69, 9.17) is 0 Å². The number of imidazole rings is 1. The second-order valence-corrected chi connectivity index (χ2v) is 7.23. The molecule has 0 spiro atoms. The molecule has 0 aromatic carbocycles. The maximum Gasteiger partial charge on any atom is 0.188 e. The normalized spacial score (nSPS) is 18.3. The highest BCUT2D eigenvalue weighted by Crippen LogP contribution is 2.22. The molecule has 1 atom stereocenters. The van der Waals surface area contributed by atoms with Crippen molar-refractivity contribution in [1.29, 1.82) is 0 Å². The minimum absolute atomic E-state index is 0.617. The summed E-state index contributed by atoms with van der Waals surface area (Å²) < 4.78 is 0. The SMILES string of the molecule is c1nc(C[C@H]2CCCN(Cc3ncc[nH]3)C2)cc(Nc2nccs2)n1. The molecule has 0 unspecified atom stereocenters. The third-order valence-corrected chi connectivity index (χ3v) is 5.11. The molecule has 0 aliphatic carbocycles. The summed E-state index contributed by atoms with van der Waals surface area (Å²) in [6.45, 7) is 3.11. The van der Waals surface area contributed by atoms with Crippen LogP contribution in [0.3, 0.4) is 0 Å². The molecule has 130 valence electrons. The first-order chi connectivity index (χ1) is 12.3. The van der Waals surface area contributed by atoms with Gasteiger partial charge in [-0.25, -0.2) is 19.9 Å². The van der Waals surface area contributed by atoms with Crippen molar-refractivity contribution in [2.45, 2.75) is 25.8 Å². The number of likely N-dealkylation sites (tertiary alicyclic amines) is 1. The predicted molar refractivity (Wildman–Crippen MR) is 97.7 cm³/mol. The average Bonchev–Trinajstić information content (AvgIpc) is 3.30. The van der Waals surface area contributed by atoms with Gasteiger partial charge >= 0.3 is 0 Å². The molecule has 0 saturated carbocycles. The Kier molecular flexibility index (Phi) is 4.98. The van der Waals surface area contributed by atoms with Crippen molar-refractivity contribution >= 4 is 22.3 Å². The lowest BCUT2D eigenvalue weighted by atomic mass is 9.93. The summed E-state index contributed by atoms with van der Waals surface area (Å²) in [5, 5.41) is 6.03. The number of nitrogens with zero attached hydrogens (tertiary/aromatic N) is 5. The van der Waals surface area contributed by atoms with E-state index in [1.807, 2.05) is 23.8 Å². The quantitative estimate of drug-likeness (QED) is 0.707. The van der Waals surface area contributed by atoms with Gasteiger partial charge in [0, 0.05) is 42.3 Å². The number of aromatic amines is 1. The fraction of sp³-hybridized carbons (Fsp3) is 0.412. The zero-order chi connectivity index (χ0) is 16.9. The lowest BCUT2D eigenvalue weighted by Crippen LogP contribution is -2.36. The number of anilines is 2. The molecule has 2 N–H and O–H groups in total. The number of thiazole rings is 1. The van der Waals surface area contributed by atoms with Crippen LogP contribution in [0.4, 0.5) is 10.9 Å². The minimum Gasteiger partial charge on any atom is -0.348 e. The van der Waals surface area contributed by atoms with E-state index < -0.39 is 0 Å². The van der Waals surface area contributed by atoms with Crippen LogP contribution in [0.2, 0.25) is 0 Å². The summed E-state index contributed by atoms with van der Waals surface area (Å²) in [7, 11) is 0. The van der Waals surface area contributed by atoms with E-state index in [0.717, 1.165) is 48.5 Å². The molecule has 3 aromatic heterocycles. The molecular formula is C17H21N7S. The number of piperidine rings is 1. The third kappa shape index (κ3) is 4.40. The van der Waals surface area contributed by atoms with Gasteiger partial charge in [0.2, 0.25) is 0 Å². The molecule has 0 bridgehead atoms. The van der Waals surface area contributed by atoms with Gasteiger partial charge in [0.1, 0.15) is 18.0 Å². The second kappa shape index (κ2) is 7.71. The van der Waals surface area contributed by atoms with E-state index >= 15 is 0 Å². The standard InChI is InChI=1S/C17H21N7S/c1-2-13(10-24(6-1)11-16-18-3-4-19-16)8-14-9-15(22-12-21-14)23-17-20-5-7-25-17/h3-5,7,9,12-13H,1-2,6,8,10-11H2,(H,18,19)(H,20,21,22,23)/t13-/m1/s1. The Hall–Kier alpha value is -2.32. The van der Waals surface area contributed by atoms with Crippen molar-refractivity contribution in [1.82, 2.24) is 29.8 Å². The molecule has 1 saturated heterocycles. The van der Waals surface area contributed by atoms with Crippen LogP contribution < -0.4 is 5.32 Å². The van der Waals surface area contributed by atoms with Gasteiger partial charge in [-0.1, -0.05) is 0 Å². The largest absolute Gasteiger partial charge is 0.348 e. The Balaban J connectivity index is 1.36. The van der Waals surface area contributed by atoms with Crippen LogP contribution in [-0.2, 0) is 13.0 Å². The van der Waals surface area contributed by atoms with Gasteiger partial charge < -0.3 is 10.3 Å². The van der Waals surface area contributed by atoms with Crippen LogP contribution >= 0.6 is 11.3 Å². The van der Waals surface area contributed by atoms with Crippen LogP contribution in [0, 0.1) is 5.92 Å². The number of hydrogen-bond donors (Lipinski definition) is 2. The van der Waals surface area contributed by atoms with Gasteiger partial charge in [0.05, 0.1) is 6.54 Å². The number of rotatable bonds is 6. The number of hydrogen-bond acceptors (Lipinski definition) is 7. The Bertz CT molecular complexity index is 772. The van der Waals surface area contributed by atoms with Gasteiger partial charge in [0.25, 0.3) is 0 Å². The fourth-order valence-corrected chi connectivity index (χ4v) is 3.86. The Morgan fingerprint density at radius 3 is 3.08 bits per heavy atom. The average molecular weight is 355 g/mol. The molecule has 1 aliphatic heterocycles. The summed E-state index contributed by atoms with van der Waals surface area (Å²) in [4.78, 5) is 23.0. The Labute approximate surface area is 150 Å². The Morgan fingerprint density at radius 1 is 1.24 bits per heavy atom. The molecule has 0 amide bonds. The highest BCUT2D eigenvalue weighted by Gasteiger charge is 2.21. The lowest BCUT2D eigenvalue weighted by molar-refractivity contribution is 0.163. The van der Waals surface area contributed by atoms with Crippen LogP contribution in [0.5, 0.6) is 0 Å². The fourth-order valence-electron chi connectivity index (χ4n) is 3.33. The summed E-state index contributed by atoms with van der Waals surface area (Å²) in [5.41, 5.74) is 1.08. The first kappa shape index (κ1) is 16.2. The van der Waals surface area contributed by atoms with E-state index in [-0.39, 0.29) is 0 Å². The zero-order valence-corrected chi connectivity index (χ0v) is 14.7. The van der Waals surface area contributed by atoms with Crippen molar-refractivity contribution in [3.05, 3.63) is 47.9 Å². The molecule has 3 aromatic rings. The highest BCUT2D eigenvalue weighted by molar-refractivity contribution is 7.13. The van der Waals surface area contributed by atoms with Crippen molar-refractivity contribution in [2.75, 3.05) is 18.4 Å². The maximum absolute atomic E-state index is 4.46. The summed E-state index contributed by atoms with van der Waals surface area (Å²) >= 11 is 1.56. The number of aromatic nitrogens is 5. The zero-order valence-electron chi connectivity index (χ0n) is 13.9. The summed E-state index contributed by atoms with van der Waals surface area (Å²) in [5.74, 6) is 2.46. The highest BCUT2D eigenvalue weighted by atomic mass is 32.1.